The van der Waals surface area contributed by atoms with Gasteiger partial charge in [0.2, 0.25) is 16.9 Å². The van der Waals surface area contributed by atoms with Crippen molar-refractivity contribution in [3.8, 4) is 11.5 Å². The molecule has 8 heteroatoms. The Balaban J connectivity index is 1.76. The molecule has 0 saturated heterocycles. The van der Waals surface area contributed by atoms with Crippen LogP contribution < -0.4 is 5.73 Å². The van der Waals surface area contributed by atoms with Crippen LogP contribution in [0.3, 0.4) is 0 Å². The Morgan fingerprint density at radius 1 is 1.15 bits per heavy atom. The van der Waals surface area contributed by atoms with E-state index in [1.54, 1.807) is 0 Å². The van der Waals surface area contributed by atoms with Gasteiger partial charge in [-0.2, -0.15) is 0 Å². The first-order valence-corrected chi connectivity index (χ1v) is 7.56. The third-order valence-electron chi connectivity index (χ3n) is 2.51. The van der Waals surface area contributed by atoms with Gasteiger partial charge in [-0.25, -0.2) is 0 Å². The molecule has 0 radical (unpaired) electrons. The number of nitrogens with zero attached hydrogens (tertiary/aromatic N) is 4. The molecule has 3 rings (SSSR count). The number of anilines is 1. The minimum absolute atomic E-state index is 0.00712. The van der Waals surface area contributed by atoms with E-state index in [1.165, 1.54) is 23.1 Å². The standard InChI is InChI=1S/C12H11N5OS2/c1-7(19-12-17-16-11(13)20-12)9-14-15-10(18-9)8-5-3-2-4-6-8/h2-7H,1H3,(H2,13,16). The molecule has 2 aromatic heterocycles. The van der Waals surface area contributed by atoms with Gasteiger partial charge in [0.1, 0.15) is 0 Å². The highest BCUT2D eigenvalue weighted by molar-refractivity contribution is 8.01. The lowest BCUT2D eigenvalue weighted by molar-refractivity contribution is 0.509. The topological polar surface area (TPSA) is 90.7 Å². The smallest absolute Gasteiger partial charge is 0.247 e. The molecule has 0 amide bonds. The Kier molecular flexibility index (Phi) is 3.66. The Labute approximate surface area is 123 Å². The minimum Gasteiger partial charge on any atom is -0.419 e. The van der Waals surface area contributed by atoms with Gasteiger partial charge >= 0.3 is 0 Å². The van der Waals surface area contributed by atoms with Crippen LogP contribution >= 0.6 is 23.1 Å². The van der Waals surface area contributed by atoms with E-state index in [9.17, 15) is 0 Å². The van der Waals surface area contributed by atoms with Crippen LogP contribution in [-0.4, -0.2) is 20.4 Å². The highest BCUT2D eigenvalue weighted by Crippen LogP contribution is 2.36. The number of aromatic nitrogens is 4. The Bertz CT molecular complexity index is 697. The molecular formula is C12H11N5OS2. The summed E-state index contributed by atoms with van der Waals surface area (Å²) in [6, 6.07) is 9.67. The molecule has 0 aliphatic heterocycles. The maximum absolute atomic E-state index is 5.69. The average Bonchev–Trinajstić information content (AvgIpc) is 3.09. The summed E-state index contributed by atoms with van der Waals surface area (Å²) < 4.78 is 6.48. The summed E-state index contributed by atoms with van der Waals surface area (Å²) >= 11 is 2.84. The number of nitrogen functional groups attached to an aromatic ring is 1. The van der Waals surface area contributed by atoms with Crippen molar-refractivity contribution in [3.05, 3.63) is 36.2 Å². The molecule has 2 N–H and O–H groups in total. The van der Waals surface area contributed by atoms with Crippen LogP contribution in [0.1, 0.15) is 18.1 Å². The zero-order valence-corrected chi connectivity index (χ0v) is 12.2. The fourth-order valence-electron chi connectivity index (χ4n) is 1.57. The van der Waals surface area contributed by atoms with E-state index in [0.29, 0.717) is 16.9 Å². The van der Waals surface area contributed by atoms with E-state index in [-0.39, 0.29) is 5.25 Å². The normalized spacial score (nSPS) is 12.4. The SMILES string of the molecule is CC(Sc1nnc(N)s1)c1nnc(-c2ccccc2)o1. The zero-order valence-electron chi connectivity index (χ0n) is 10.6. The summed E-state index contributed by atoms with van der Waals surface area (Å²) in [6.45, 7) is 1.98. The van der Waals surface area contributed by atoms with Crippen molar-refractivity contribution in [3.63, 3.8) is 0 Å². The van der Waals surface area contributed by atoms with E-state index in [4.69, 9.17) is 10.2 Å². The van der Waals surface area contributed by atoms with E-state index >= 15 is 0 Å². The summed E-state index contributed by atoms with van der Waals surface area (Å²) in [5.41, 5.74) is 6.46. The number of nitrogens with two attached hydrogens (primary N) is 1. The molecule has 1 unspecified atom stereocenters. The van der Waals surface area contributed by atoms with Crippen molar-refractivity contribution in [2.24, 2.45) is 0 Å². The molecule has 0 aliphatic rings. The predicted octanol–water partition coefficient (Wildman–Crippen LogP) is 3.02. The van der Waals surface area contributed by atoms with Crippen LogP contribution in [0, 0.1) is 0 Å². The zero-order chi connectivity index (χ0) is 13.9. The molecule has 0 fully saturated rings. The summed E-state index contributed by atoms with van der Waals surface area (Å²) in [6.07, 6.45) is 0. The maximum Gasteiger partial charge on any atom is 0.247 e. The second kappa shape index (κ2) is 5.59. The highest BCUT2D eigenvalue weighted by Gasteiger charge is 2.18. The van der Waals surface area contributed by atoms with Gasteiger partial charge in [-0.3, -0.25) is 0 Å². The Morgan fingerprint density at radius 2 is 1.95 bits per heavy atom. The molecule has 0 spiro atoms. The van der Waals surface area contributed by atoms with Gasteiger partial charge in [0, 0.05) is 5.56 Å². The van der Waals surface area contributed by atoms with Crippen molar-refractivity contribution in [1.82, 2.24) is 20.4 Å². The third kappa shape index (κ3) is 2.81. The van der Waals surface area contributed by atoms with Gasteiger partial charge in [0.15, 0.2) is 4.34 Å². The monoisotopic (exact) mass is 305 g/mol. The summed E-state index contributed by atoms with van der Waals surface area (Å²) in [5.74, 6) is 1.08. The van der Waals surface area contributed by atoms with Crippen LogP contribution in [0.4, 0.5) is 5.13 Å². The highest BCUT2D eigenvalue weighted by atomic mass is 32.2. The summed E-state index contributed by atoms with van der Waals surface area (Å²) in [4.78, 5) is 0. The quantitative estimate of drug-likeness (QED) is 0.741. The first kappa shape index (κ1) is 13.1. The molecule has 0 aliphatic carbocycles. The van der Waals surface area contributed by atoms with E-state index in [0.717, 1.165) is 9.90 Å². The first-order valence-electron chi connectivity index (χ1n) is 5.87. The lowest BCUT2D eigenvalue weighted by atomic mass is 10.2. The van der Waals surface area contributed by atoms with Gasteiger partial charge in [-0.05, 0) is 19.1 Å². The average molecular weight is 305 g/mol. The van der Waals surface area contributed by atoms with Gasteiger partial charge in [0.25, 0.3) is 0 Å². The lowest BCUT2D eigenvalue weighted by Crippen LogP contribution is -1.88. The number of benzene rings is 1. The molecule has 1 atom stereocenters. The molecule has 1 aromatic carbocycles. The summed E-state index contributed by atoms with van der Waals surface area (Å²) in [7, 11) is 0. The molecule has 20 heavy (non-hydrogen) atoms. The van der Waals surface area contributed by atoms with Crippen molar-refractivity contribution >= 4 is 28.2 Å². The fraction of sp³-hybridized carbons (Fsp3) is 0.167. The number of rotatable bonds is 4. The molecular weight excluding hydrogens is 294 g/mol. The van der Waals surface area contributed by atoms with Gasteiger partial charge in [0.05, 0.1) is 5.25 Å². The van der Waals surface area contributed by atoms with Crippen molar-refractivity contribution in [2.45, 2.75) is 16.5 Å². The molecule has 0 saturated carbocycles. The summed E-state index contributed by atoms with van der Waals surface area (Å²) in [5, 5.41) is 16.3. The molecule has 0 bridgehead atoms. The largest absolute Gasteiger partial charge is 0.419 e. The van der Waals surface area contributed by atoms with Crippen molar-refractivity contribution in [1.29, 1.82) is 0 Å². The van der Waals surface area contributed by atoms with E-state index in [1.807, 2.05) is 37.3 Å². The van der Waals surface area contributed by atoms with Crippen LogP contribution in [-0.2, 0) is 0 Å². The van der Waals surface area contributed by atoms with E-state index < -0.39 is 0 Å². The van der Waals surface area contributed by atoms with Gasteiger partial charge in [-0.15, -0.1) is 20.4 Å². The first-order chi connectivity index (χ1) is 9.72. The minimum atomic E-state index is -0.00712. The van der Waals surface area contributed by atoms with E-state index in [2.05, 4.69) is 20.4 Å². The number of hydrogen-bond acceptors (Lipinski definition) is 8. The molecule has 102 valence electrons. The third-order valence-corrected chi connectivity index (χ3v) is 4.43. The Hall–Kier alpha value is -1.93. The van der Waals surface area contributed by atoms with Crippen LogP contribution in [0.5, 0.6) is 0 Å². The second-order valence-electron chi connectivity index (χ2n) is 3.98. The molecule has 2 heterocycles. The Morgan fingerprint density at radius 3 is 2.65 bits per heavy atom. The second-order valence-corrected chi connectivity index (χ2v) is 6.57. The number of hydrogen-bond donors (Lipinski definition) is 1. The maximum atomic E-state index is 5.69. The van der Waals surface area contributed by atoms with Gasteiger partial charge in [-0.1, -0.05) is 41.3 Å². The van der Waals surface area contributed by atoms with Crippen LogP contribution in [0.15, 0.2) is 39.1 Å². The molecule has 6 nitrogen and oxygen atoms in total. The van der Waals surface area contributed by atoms with Crippen LogP contribution in [0.2, 0.25) is 0 Å². The lowest BCUT2D eigenvalue weighted by Gasteiger charge is -2.01. The predicted molar refractivity (Wildman–Crippen MR) is 78.3 cm³/mol. The van der Waals surface area contributed by atoms with Crippen molar-refractivity contribution < 1.29 is 4.42 Å². The fourth-order valence-corrected chi connectivity index (χ4v) is 3.38. The van der Waals surface area contributed by atoms with Crippen molar-refractivity contribution in [2.75, 3.05) is 5.73 Å². The number of thioether (sulfide) groups is 1. The van der Waals surface area contributed by atoms with Crippen LogP contribution in [0.25, 0.3) is 11.5 Å². The molecule has 3 aromatic rings. The van der Waals surface area contributed by atoms with Gasteiger partial charge < -0.3 is 10.2 Å².